The fourth-order valence-electron chi connectivity index (χ4n) is 3.33. The second kappa shape index (κ2) is 7.17. The molecule has 0 N–H and O–H groups in total. The van der Waals surface area contributed by atoms with Crippen LogP contribution >= 0.6 is 0 Å². The molecular formula is C20H21N3O3. The first-order chi connectivity index (χ1) is 12.7. The summed E-state index contributed by atoms with van der Waals surface area (Å²) in [5.41, 5.74) is 2.86. The molecule has 0 fully saturated rings. The molecule has 3 aromatic heterocycles. The number of ether oxygens (including phenoxy) is 1. The lowest BCUT2D eigenvalue weighted by Gasteiger charge is -2.34. The third-order valence-corrected chi connectivity index (χ3v) is 4.67. The van der Waals surface area contributed by atoms with Crippen molar-refractivity contribution in [2.24, 2.45) is 0 Å². The van der Waals surface area contributed by atoms with Gasteiger partial charge < -0.3 is 18.6 Å². The summed E-state index contributed by atoms with van der Waals surface area (Å²) in [5.74, 6) is 0.341. The first kappa shape index (κ1) is 16.6. The van der Waals surface area contributed by atoms with E-state index in [9.17, 15) is 4.79 Å². The number of carbonyl (C=O) groups excluding carboxylic acids is 1. The minimum atomic E-state index is -0.0744. The lowest BCUT2D eigenvalue weighted by atomic mass is 10.1. The molecule has 1 aliphatic rings. The van der Waals surface area contributed by atoms with Gasteiger partial charge in [-0.1, -0.05) is 6.07 Å². The summed E-state index contributed by atoms with van der Waals surface area (Å²) in [6, 6.07) is 11.7. The predicted octanol–water partition coefficient (Wildman–Crippen LogP) is 3.20. The van der Waals surface area contributed by atoms with Gasteiger partial charge in [-0.2, -0.15) is 0 Å². The van der Waals surface area contributed by atoms with E-state index in [2.05, 4.69) is 9.55 Å². The number of carbonyl (C=O) groups is 1. The first-order valence-corrected chi connectivity index (χ1v) is 8.69. The van der Waals surface area contributed by atoms with E-state index >= 15 is 0 Å². The van der Waals surface area contributed by atoms with Crippen LogP contribution in [0.2, 0.25) is 0 Å². The van der Waals surface area contributed by atoms with Crippen molar-refractivity contribution >= 4 is 5.91 Å². The number of aryl methyl sites for hydroxylation is 1. The minimum Gasteiger partial charge on any atom is -0.459 e. The molecule has 3 aromatic rings. The third-order valence-electron chi connectivity index (χ3n) is 4.67. The summed E-state index contributed by atoms with van der Waals surface area (Å²) in [5, 5.41) is 0. The van der Waals surface area contributed by atoms with Crippen molar-refractivity contribution in [3.8, 4) is 0 Å². The number of nitrogens with zero attached hydrogens (tertiary/aromatic N) is 3. The van der Waals surface area contributed by atoms with E-state index in [1.807, 2.05) is 54.4 Å². The van der Waals surface area contributed by atoms with Gasteiger partial charge in [0.2, 0.25) is 0 Å². The van der Waals surface area contributed by atoms with Gasteiger partial charge in [-0.05, 0) is 37.3 Å². The van der Waals surface area contributed by atoms with Gasteiger partial charge in [-0.15, -0.1) is 0 Å². The highest BCUT2D eigenvalue weighted by molar-refractivity contribution is 5.92. The molecule has 1 amide bonds. The monoisotopic (exact) mass is 351 g/mol. The molecule has 0 saturated carbocycles. The van der Waals surface area contributed by atoms with Crippen LogP contribution in [0.3, 0.4) is 0 Å². The maximum absolute atomic E-state index is 12.8. The van der Waals surface area contributed by atoms with E-state index in [-0.39, 0.29) is 11.9 Å². The lowest BCUT2D eigenvalue weighted by Crippen LogP contribution is -2.42. The smallest absolute Gasteiger partial charge is 0.290 e. The van der Waals surface area contributed by atoms with E-state index in [1.54, 1.807) is 12.5 Å². The molecular weight excluding hydrogens is 330 g/mol. The van der Waals surface area contributed by atoms with Gasteiger partial charge in [0, 0.05) is 30.2 Å². The quantitative estimate of drug-likeness (QED) is 0.708. The molecule has 1 aliphatic heterocycles. The molecule has 1 atom stereocenters. The SMILES string of the molecule is Cc1ccoc1C(=O)N1Cc2cccn2[C@@H](COCc2ccccn2)C1. The van der Waals surface area contributed by atoms with E-state index in [4.69, 9.17) is 9.15 Å². The van der Waals surface area contributed by atoms with E-state index in [0.29, 0.717) is 32.1 Å². The number of rotatable bonds is 5. The van der Waals surface area contributed by atoms with Gasteiger partial charge in [0.1, 0.15) is 0 Å². The number of aromatic nitrogens is 2. The molecule has 0 radical (unpaired) electrons. The molecule has 134 valence electrons. The molecule has 0 aliphatic carbocycles. The zero-order valence-electron chi connectivity index (χ0n) is 14.7. The second-order valence-corrected chi connectivity index (χ2v) is 6.52. The van der Waals surface area contributed by atoms with Crippen LogP contribution in [0.4, 0.5) is 0 Å². The van der Waals surface area contributed by atoms with Crippen molar-refractivity contribution in [2.45, 2.75) is 26.1 Å². The van der Waals surface area contributed by atoms with E-state index < -0.39 is 0 Å². The Morgan fingerprint density at radius 3 is 3.00 bits per heavy atom. The van der Waals surface area contributed by atoms with Crippen LogP contribution in [-0.4, -0.2) is 33.5 Å². The van der Waals surface area contributed by atoms with Gasteiger partial charge in [0.05, 0.1) is 37.8 Å². The highest BCUT2D eigenvalue weighted by Gasteiger charge is 2.30. The summed E-state index contributed by atoms with van der Waals surface area (Å²) >= 11 is 0. The molecule has 26 heavy (non-hydrogen) atoms. The molecule has 4 rings (SSSR count). The Morgan fingerprint density at radius 2 is 2.23 bits per heavy atom. The zero-order valence-corrected chi connectivity index (χ0v) is 14.7. The standard InChI is InChI=1S/C20H21N3O3/c1-15-7-10-26-19(15)20(24)22-11-17-6-4-9-23(17)18(12-22)14-25-13-16-5-2-3-8-21-16/h2-10,18H,11-14H2,1H3/t18-/m1/s1. The van der Waals surface area contributed by atoms with Gasteiger partial charge in [-0.25, -0.2) is 0 Å². The number of amides is 1. The van der Waals surface area contributed by atoms with Crippen LogP contribution in [0.25, 0.3) is 0 Å². The summed E-state index contributed by atoms with van der Waals surface area (Å²) in [7, 11) is 0. The van der Waals surface area contributed by atoms with Gasteiger partial charge in [0.15, 0.2) is 5.76 Å². The van der Waals surface area contributed by atoms with Crippen LogP contribution < -0.4 is 0 Å². The van der Waals surface area contributed by atoms with Crippen molar-refractivity contribution in [1.82, 2.24) is 14.5 Å². The third kappa shape index (κ3) is 3.28. The van der Waals surface area contributed by atoms with Crippen LogP contribution in [0, 0.1) is 6.92 Å². The Bertz CT molecular complexity index is 885. The molecule has 0 bridgehead atoms. The number of hydrogen-bond acceptors (Lipinski definition) is 4. The van der Waals surface area contributed by atoms with Gasteiger partial charge in [0.25, 0.3) is 5.91 Å². The Kier molecular flexibility index (Phi) is 4.58. The predicted molar refractivity (Wildman–Crippen MR) is 95.5 cm³/mol. The van der Waals surface area contributed by atoms with Crippen LogP contribution in [-0.2, 0) is 17.9 Å². The fourth-order valence-corrected chi connectivity index (χ4v) is 3.33. The topological polar surface area (TPSA) is 60.5 Å². The Morgan fingerprint density at radius 1 is 1.31 bits per heavy atom. The first-order valence-electron chi connectivity index (χ1n) is 8.69. The van der Waals surface area contributed by atoms with Crippen LogP contribution in [0.1, 0.15) is 33.5 Å². The Labute approximate surface area is 152 Å². The Hall–Kier alpha value is -2.86. The molecule has 6 heteroatoms. The normalized spacial score (nSPS) is 16.5. The summed E-state index contributed by atoms with van der Waals surface area (Å²) < 4.78 is 13.5. The van der Waals surface area contributed by atoms with Crippen LogP contribution in [0.15, 0.2) is 59.5 Å². The van der Waals surface area contributed by atoms with E-state index in [1.165, 1.54) is 0 Å². The highest BCUT2D eigenvalue weighted by Crippen LogP contribution is 2.25. The molecule has 0 unspecified atom stereocenters. The molecule has 0 spiro atoms. The average molecular weight is 351 g/mol. The van der Waals surface area contributed by atoms with Crippen molar-refractivity contribution in [3.63, 3.8) is 0 Å². The minimum absolute atomic E-state index is 0.0664. The molecule has 0 saturated heterocycles. The number of hydrogen-bond donors (Lipinski definition) is 0. The zero-order chi connectivity index (χ0) is 17.9. The molecule has 4 heterocycles. The summed E-state index contributed by atoms with van der Waals surface area (Å²) in [4.78, 5) is 18.9. The number of pyridine rings is 1. The molecule has 6 nitrogen and oxygen atoms in total. The number of fused-ring (bicyclic) bond motifs is 1. The highest BCUT2D eigenvalue weighted by atomic mass is 16.5. The summed E-state index contributed by atoms with van der Waals surface area (Å²) in [6.07, 6.45) is 5.36. The maximum Gasteiger partial charge on any atom is 0.290 e. The lowest BCUT2D eigenvalue weighted by molar-refractivity contribution is 0.0454. The van der Waals surface area contributed by atoms with Crippen molar-refractivity contribution < 1.29 is 13.9 Å². The van der Waals surface area contributed by atoms with E-state index in [0.717, 1.165) is 17.0 Å². The van der Waals surface area contributed by atoms with Crippen molar-refractivity contribution in [1.29, 1.82) is 0 Å². The Balaban J connectivity index is 1.46. The number of furan rings is 1. The van der Waals surface area contributed by atoms with Crippen molar-refractivity contribution in [2.75, 3.05) is 13.2 Å². The van der Waals surface area contributed by atoms with Gasteiger partial charge >= 0.3 is 0 Å². The fraction of sp³-hybridized carbons (Fsp3) is 0.300. The van der Waals surface area contributed by atoms with Crippen molar-refractivity contribution in [3.05, 3.63) is 77.8 Å². The second-order valence-electron chi connectivity index (χ2n) is 6.52. The summed E-state index contributed by atoms with van der Waals surface area (Å²) in [6.45, 7) is 4.01. The average Bonchev–Trinajstić information content (AvgIpc) is 3.30. The molecule has 0 aromatic carbocycles. The largest absolute Gasteiger partial charge is 0.459 e. The van der Waals surface area contributed by atoms with Gasteiger partial charge in [-0.3, -0.25) is 9.78 Å². The van der Waals surface area contributed by atoms with Crippen LogP contribution in [0.5, 0.6) is 0 Å². The maximum atomic E-state index is 12.8.